The molecule has 0 heterocycles. The van der Waals surface area contributed by atoms with Gasteiger partial charge in [0.05, 0.1) is 0 Å². The maximum atomic E-state index is 13.6. The van der Waals surface area contributed by atoms with Gasteiger partial charge in [-0.25, -0.2) is 4.39 Å². The van der Waals surface area contributed by atoms with Crippen LogP contribution in [-0.2, 0) is 16.1 Å². The molecule has 0 aromatic heterocycles. The van der Waals surface area contributed by atoms with Crippen LogP contribution in [0, 0.1) is 11.7 Å². The molecule has 0 bridgehead atoms. The Balaban J connectivity index is 1.51. The van der Waals surface area contributed by atoms with Crippen LogP contribution >= 0.6 is 0 Å². The van der Waals surface area contributed by atoms with Crippen molar-refractivity contribution >= 4 is 5.91 Å². The minimum atomic E-state index is -0.295. The lowest BCUT2D eigenvalue weighted by atomic mass is 10.1. The molecule has 1 N–H and O–H groups in total. The van der Waals surface area contributed by atoms with Crippen LogP contribution in [0.15, 0.2) is 48.5 Å². The molecular weight excluding hydrogens is 309 g/mol. The molecule has 2 unspecified atom stereocenters. The Morgan fingerprint density at radius 3 is 2.67 bits per heavy atom. The predicted octanol–water partition coefficient (Wildman–Crippen LogP) is 3.23. The van der Waals surface area contributed by atoms with Crippen LogP contribution in [0.3, 0.4) is 0 Å². The molecule has 126 valence electrons. The van der Waals surface area contributed by atoms with Gasteiger partial charge in [0, 0.05) is 25.1 Å². The topological polar surface area (TPSA) is 47.6 Å². The van der Waals surface area contributed by atoms with Gasteiger partial charge < -0.3 is 14.8 Å². The molecule has 2 atom stereocenters. The number of rotatable bonds is 7. The fourth-order valence-electron chi connectivity index (χ4n) is 2.75. The van der Waals surface area contributed by atoms with Crippen molar-refractivity contribution in [3.05, 3.63) is 65.5 Å². The monoisotopic (exact) mass is 329 g/mol. The lowest BCUT2D eigenvalue weighted by Gasteiger charge is -2.07. The van der Waals surface area contributed by atoms with Crippen LogP contribution in [-0.4, -0.2) is 19.8 Å². The Kier molecular flexibility index (Phi) is 5.11. The normalized spacial score (nSPS) is 18.9. The van der Waals surface area contributed by atoms with Crippen molar-refractivity contribution in [1.82, 2.24) is 5.32 Å². The number of methoxy groups -OCH3 is 1. The summed E-state index contributed by atoms with van der Waals surface area (Å²) in [6.07, 6.45) is 0.821. The summed E-state index contributed by atoms with van der Waals surface area (Å²) in [7, 11) is 1.57. The largest absolute Gasteiger partial charge is 0.468 e. The second-order valence-corrected chi connectivity index (χ2v) is 5.88. The van der Waals surface area contributed by atoms with E-state index in [1.165, 1.54) is 6.07 Å². The van der Waals surface area contributed by atoms with Gasteiger partial charge in [-0.1, -0.05) is 30.3 Å². The highest BCUT2D eigenvalue weighted by atomic mass is 19.1. The summed E-state index contributed by atoms with van der Waals surface area (Å²) in [6.45, 7) is 0.433. The molecule has 1 saturated carbocycles. The SMILES string of the molecule is COCOc1ccc(C2CC2C(=O)NCc2ccccc2F)cc1. The van der Waals surface area contributed by atoms with Gasteiger partial charge in [0.15, 0.2) is 6.79 Å². The van der Waals surface area contributed by atoms with Gasteiger partial charge in [0.2, 0.25) is 5.91 Å². The third kappa shape index (κ3) is 3.92. The van der Waals surface area contributed by atoms with Crippen molar-refractivity contribution in [1.29, 1.82) is 0 Å². The van der Waals surface area contributed by atoms with E-state index in [-0.39, 0.29) is 36.9 Å². The molecule has 0 radical (unpaired) electrons. The lowest BCUT2D eigenvalue weighted by molar-refractivity contribution is -0.122. The van der Waals surface area contributed by atoms with Crippen LogP contribution in [0.5, 0.6) is 5.75 Å². The van der Waals surface area contributed by atoms with Gasteiger partial charge in [-0.2, -0.15) is 0 Å². The molecule has 0 spiro atoms. The number of ether oxygens (including phenoxy) is 2. The number of carbonyl (C=O) groups excluding carboxylic acids is 1. The van der Waals surface area contributed by atoms with E-state index in [1.54, 1.807) is 25.3 Å². The standard InChI is InChI=1S/C19H20FNO3/c1-23-12-24-15-8-6-13(7-9-15)16-10-17(16)19(22)21-11-14-4-2-3-5-18(14)20/h2-9,16-17H,10-12H2,1H3,(H,21,22). The lowest BCUT2D eigenvalue weighted by Crippen LogP contribution is -2.25. The van der Waals surface area contributed by atoms with E-state index in [0.717, 1.165) is 17.7 Å². The zero-order valence-electron chi connectivity index (χ0n) is 13.5. The quantitative estimate of drug-likeness (QED) is 0.794. The third-order valence-corrected chi connectivity index (χ3v) is 4.19. The predicted molar refractivity (Wildman–Crippen MR) is 88.0 cm³/mol. The summed E-state index contributed by atoms with van der Waals surface area (Å²) in [5.74, 6) is 0.603. The number of hydrogen-bond acceptors (Lipinski definition) is 3. The van der Waals surface area contributed by atoms with Crippen LogP contribution < -0.4 is 10.1 Å². The van der Waals surface area contributed by atoms with E-state index < -0.39 is 0 Å². The highest BCUT2D eigenvalue weighted by molar-refractivity contribution is 5.82. The number of hydrogen-bond donors (Lipinski definition) is 1. The zero-order chi connectivity index (χ0) is 16.9. The van der Waals surface area contributed by atoms with E-state index in [1.807, 2.05) is 24.3 Å². The van der Waals surface area contributed by atoms with Crippen molar-refractivity contribution in [3.63, 3.8) is 0 Å². The van der Waals surface area contributed by atoms with Gasteiger partial charge in [0.1, 0.15) is 11.6 Å². The fraction of sp³-hybridized carbons (Fsp3) is 0.316. The van der Waals surface area contributed by atoms with Gasteiger partial charge in [-0.3, -0.25) is 4.79 Å². The molecule has 3 rings (SSSR count). The van der Waals surface area contributed by atoms with Crippen molar-refractivity contribution in [2.75, 3.05) is 13.9 Å². The first-order chi connectivity index (χ1) is 11.7. The zero-order valence-corrected chi connectivity index (χ0v) is 13.5. The molecular formula is C19H20FNO3. The maximum absolute atomic E-state index is 13.6. The number of benzene rings is 2. The van der Waals surface area contributed by atoms with E-state index in [0.29, 0.717) is 5.56 Å². The smallest absolute Gasteiger partial charge is 0.224 e. The molecule has 0 aliphatic heterocycles. The summed E-state index contributed by atoms with van der Waals surface area (Å²) in [6, 6.07) is 14.2. The molecule has 1 amide bonds. The maximum Gasteiger partial charge on any atom is 0.224 e. The van der Waals surface area contributed by atoms with E-state index in [4.69, 9.17) is 9.47 Å². The number of halogens is 1. The Hall–Kier alpha value is -2.40. The summed E-state index contributed by atoms with van der Waals surface area (Å²) in [4.78, 5) is 12.2. The Labute approximate surface area is 140 Å². The summed E-state index contributed by atoms with van der Waals surface area (Å²) in [5, 5.41) is 2.82. The first-order valence-electron chi connectivity index (χ1n) is 7.92. The van der Waals surface area contributed by atoms with Crippen molar-refractivity contribution in [2.45, 2.75) is 18.9 Å². The Morgan fingerprint density at radius 2 is 1.96 bits per heavy atom. The number of carbonyl (C=O) groups is 1. The Morgan fingerprint density at radius 1 is 1.21 bits per heavy atom. The van der Waals surface area contributed by atoms with Crippen molar-refractivity contribution < 1.29 is 18.7 Å². The highest BCUT2D eigenvalue weighted by Crippen LogP contribution is 2.47. The fourth-order valence-corrected chi connectivity index (χ4v) is 2.75. The van der Waals surface area contributed by atoms with Gasteiger partial charge in [-0.05, 0) is 36.1 Å². The van der Waals surface area contributed by atoms with Crippen LogP contribution in [0.25, 0.3) is 0 Å². The third-order valence-electron chi connectivity index (χ3n) is 4.19. The Bertz CT molecular complexity index is 702. The van der Waals surface area contributed by atoms with E-state index in [9.17, 15) is 9.18 Å². The molecule has 2 aromatic carbocycles. The minimum absolute atomic E-state index is 0.0250. The summed E-state index contributed by atoms with van der Waals surface area (Å²) in [5.41, 5.74) is 1.62. The molecule has 1 fully saturated rings. The van der Waals surface area contributed by atoms with Gasteiger partial charge in [-0.15, -0.1) is 0 Å². The van der Waals surface area contributed by atoms with Gasteiger partial charge in [0.25, 0.3) is 0 Å². The molecule has 0 saturated heterocycles. The van der Waals surface area contributed by atoms with Crippen molar-refractivity contribution in [2.24, 2.45) is 5.92 Å². The first-order valence-corrected chi connectivity index (χ1v) is 7.92. The average Bonchev–Trinajstić information content (AvgIpc) is 3.40. The van der Waals surface area contributed by atoms with Gasteiger partial charge >= 0.3 is 0 Å². The molecule has 1 aliphatic carbocycles. The molecule has 2 aromatic rings. The molecule has 1 aliphatic rings. The summed E-state index contributed by atoms with van der Waals surface area (Å²) >= 11 is 0. The molecule has 24 heavy (non-hydrogen) atoms. The highest BCUT2D eigenvalue weighted by Gasteiger charge is 2.43. The van der Waals surface area contributed by atoms with Crippen LogP contribution in [0.1, 0.15) is 23.5 Å². The van der Waals surface area contributed by atoms with Crippen LogP contribution in [0.4, 0.5) is 4.39 Å². The van der Waals surface area contributed by atoms with E-state index in [2.05, 4.69) is 5.32 Å². The number of amides is 1. The first kappa shape index (κ1) is 16.5. The average molecular weight is 329 g/mol. The molecule has 5 heteroatoms. The molecule has 4 nitrogen and oxygen atoms in total. The summed E-state index contributed by atoms with van der Waals surface area (Å²) < 4.78 is 23.8. The second-order valence-electron chi connectivity index (χ2n) is 5.88. The number of nitrogens with one attached hydrogen (secondary N) is 1. The minimum Gasteiger partial charge on any atom is -0.468 e. The van der Waals surface area contributed by atoms with Crippen LogP contribution in [0.2, 0.25) is 0 Å². The van der Waals surface area contributed by atoms with E-state index >= 15 is 0 Å². The second kappa shape index (κ2) is 7.45. The van der Waals surface area contributed by atoms with Crippen molar-refractivity contribution in [3.8, 4) is 5.75 Å².